The van der Waals surface area contributed by atoms with Gasteiger partial charge in [0.1, 0.15) is 0 Å². The summed E-state index contributed by atoms with van der Waals surface area (Å²) in [5.74, 6) is 1.03. The van der Waals surface area contributed by atoms with Crippen molar-refractivity contribution in [2.75, 3.05) is 44.2 Å². The number of hydrogen-bond acceptors (Lipinski definition) is 4. The normalized spacial score (nSPS) is 26.8. The zero-order valence-corrected chi connectivity index (χ0v) is 17.1. The summed E-state index contributed by atoms with van der Waals surface area (Å²) in [7, 11) is 0. The van der Waals surface area contributed by atoms with Crippen LogP contribution in [0.2, 0.25) is 0 Å². The zero-order chi connectivity index (χ0) is 20.0. The first kappa shape index (κ1) is 19.1. The van der Waals surface area contributed by atoms with Gasteiger partial charge in [-0.25, -0.2) is 0 Å². The number of benzene rings is 1. The van der Waals surface area contributed by atoms with Gasteiger partial charge in [-0.3, -0.25) is 14.5 Å². The minimum atomic E-state index is -0.424. The first-order chi connectivity index (χ1) is 14.0. The highest BCUT2D eigenvalue weighted by atomic mass is 16.3. The molecule has 29 heavy (non-hydrogen) atoms. The maximum atomic E-state index is 13.2. The van der Waals surface area contributed by atoms with E-state index in [2.05, 4.69) is 11.0 Å². The van der Waals surface area contributed by atoms with Gasteiger partial charge in [0.05, 0.1) is 18.1 Å². The van der Waals surface area contributed by atoms with Crippen LogP contribution in [0.1, 0.15) is 37.7 Å². The summed E-state index contributed by atoms with van der Waals surface area (Å²) in [5, 5.41) is 10.4. The molecule has 2 saturated heterocycles. The van der Waals surface area contributed by atoms with Gasteiger partial charge < -0.3 is 14.9 Å². The fraction of sp³-hybridized carbons (Fsp3) is 0.652. The van der Waals surface area contributed by atoms with Crippen molar-refractivity contribution >= 4 is 17.5 Å². The second kappa shape index (κ2) is 7.40. The number of aliphatic hydroxyl groups excluding tert-OH is 1. The molecule has 3 aliphatic heterocycles. The molecule has 1 aromatic rings. The smallest absolute Gasteiger partial charge is 0.241 e. The van der Waals surface area contributed by atoms with E-state index >= 15 is 0 Å². The molecule has 6 nitrogen and oxygen atoms in total. The molecule has 1 saturated carbocycles. The highest BCUT2D eigenvalue weighted by Crippen LogP contribution is 2.42. The molecule has 3 fully saturated rings. The molecular formula is C23H31N3O3. The van der Waals surface area contributed by atoms with E-state index in [0.29, 0.717) is 25.4 Å². The van der Waals surface area contributed by atoms with Crippen LogP contribution in [-0.2, 0) is 16.0 Å². The lowest BCUT2D eigenvalue weighted by Crippen LogP contribution is -2.58. The van der Waals surface area contributed by atoms with Crippen LogP contribution in [0.4, 0.5) is 5.69 Å². The van der Waals surface area contributed by atoms with Gasteiger partial charge in [0, 0.05) is 25.3 Å². The number of nitrogens with zero attached hydrogens (tertiary/aromatic N) is 3. The summed E-state index contributed by atoms with van der Waals surface area (Å²) in [4.78, 5) is 32.1. The van der Waals surface area contributed by atoms with Gasteiger partial charge in [-0.1, -0.05) is 18.2 Å². The third kappa shape index (κ3) is 3.68. The van der Waals surface area contributed by atoms with Crippen LogP contribution >= 0.6 is 0 Å². The van der Waals surface area contributed by atoms with E-state index in [0.717, 1.165) is 51.1 Å². The number of amides is 2. The second-order valence-electron chi connectivity index (χ2n) is 9.49. The summed E-state index contributed by atoms with van der Waals surface area (Å²) in [5.41, 5.74) is 1.87. The number of hydrogen-bond donors (Lipinski definition) is 1. The van der Waals surface area contributed by atoms with Crippen molar-refractivity contribution in [3.05, 3.63) is 29.8 Å². The molecule has 0 bridgehead atoms. The molecular weight excluding hydrogens is 366 g/mol. The van der Waals surface area contributed by atoms with E-state index in [1.54, 1.807) is 0 Å². The average molecular weight is 398 g/mol. The SMILES string of the molecule is O=C(CN1CCC2(CC1)CC(O)CN(CC1CC1)C2=O)N1CCc2ccccc21. The Morgan fingerprint density at radius 2 is 1.90 bits per heavy atom. The van der Waals surface area contributed by atoms with Crippen molar-refractivity contribution in [1.29, 1.82) is 0 Å². The van der Waals surface area contributed by atoms with E-state index in [9.17, 15) is 14.7 Å². The summed E-state index contributed by atoms with van der Waals surface area (Å²) < 4.78 is 0. The summed E-state index contributed by atoms with van der Waals surface area (Å²) in [6, 6.07) is 8.14. The van der Waals surface area contributed by atoms with Gasteiger partial charge in [-0.15, -0.1) is 0 Å². The second-order valence-corrected chi connectivity index (χ2v) is 9.49. The molecule has 5 rings (SSSR count). The highest BCUT2D eigenvalue weighted by Gasteiger charge is 2.49. The van der Waals surface area contributed by atoms with Crippen LogP contribution in [0.5, 0.6) is 0 Å². The molecule has 0 aromatic heterocycles. The Hall–Kier alpha value is -1.92. The van der Waals surface area contributed by atoms with Crippen LogP contribution in [0.15, 0.2) is 24.3 Å². The molecule has 1 atom stereocenters. The molecule has 6 heteroatoms. The Bertz CT molecular complexity index is 796. The number of fused-ring (bicyclic) bond motifs is 1. The minimum Gasteiger partial charge on any atom is -0.391 e. The summed E-state index contributed by atoms with van der Waals surface area (Å²) in [6.45, 7) is 3.97. The lowest BCUT2D eigenvalue weighted by atomic mass is 9.71. The van der Waals surface area contributed by atoms with Crippen molar-refractivity contribution in [1.82, 2.24) is 9.80 Å². The van der Waals surface area contributed by atoms with E-state index in [1.807, 2.05) is 28.0 Å². The van der Waals surface area contributed by atoms with Crippen molar-refractivity contribution in [2.45, 2.75) is 44.6 Å². The first-order valence-electron chi connectivity index (χ1n) is 11.1. The standard InChI is InChI=1S/C23H31N3O3/c27-19-13-23(22(29)25(15-19)14-17-5-6-17)8-11-24(12-9-23)16-21(28)26-10-7-18-3-1-2-4-20(18)26/h1-4,17,19,27H,5-16H2. The number of piperidine rings is 2. The molecule has 2 amide bonds. The predicted octanol–water partition coefficient (Wildman–Crippen LogP) is 1.66. The lowest BCUT2D eigenvalue weighted by Gasteiger charge is -2.48. The predicted molar refractivity (Wildman–Crippen MR) is 111 cm³/mol. The number of β-amino-alcohol motifs (C(OH)–C–C–N with tert-alkyl or cyclic N) is 1. The lowest BCUT2D eigenvalue weighted by molar-refractivity contribution is -0.157. The average Bonchev–Trinajstić information content (AvgIpc) is 3.42. The zero-order valence-electron chi connectivity index (χ0n) is 17.1. The number of carbonyl (C=O) groups excluding carboxylic acids is 2. The Morgan fingerprint density at radius 3 is 2.66 bits per heavy atom. The molecule has 1 N–H and O–H groups in total. The molecule has 4 aliphatic rings. The van der Waals surface area contributed by atoms with E-state index in [4.69, 9.17) is 0 Å². The largest absolute Gasteiger partial charge is 0.391 e. The van der Waals surface area contributed by atoms with E-state index in [-0.39, 0.29) is 11.8 Å². The fourth-order valence-corrected chi connectivity index (χ4v) is 5.48. The van der Waals surface area contributed by atoms with Crippen LogP contribution in [-0.4, -0.2) is 72.1 Å². The molecule has 1 spiro atoms. The summed E-state index contributed by atoms with van der Waals surface area (Å²) in [6.07, 6.45) is 5.00. The van der Waals surface area contributed by atoms with Crippen molar-refractivity contribution in [2.24, 2.45) is 11.3 Å². The van der Waals surface area contributed by atoms with Gasteiger partial charge in [-0.05, 0) is 69.2 Å². The molecule has 1 aromatic carbocycles. The Balaban J connectivity index is 1.20. The Labute approximate surface area is 172 Å². The van der Waals surface area contributed by atoms with Crippen molar-refractivity contribution in [3.8, 4) is 0 Å². The van der Waals surface area contributed by atoms with Gasteiger partial charge in [0.2, 0.25) is 11.8 Å². The molecule has 3 heterocycles. The highest BCUT2D eigenvalue weighted by molar-refractivity contribution is 5.96. The Kier molecular flexibility index (Phi) is 4.87. The number of para-hydroxylation sites is 1. The number of rotatable bonds is 4. The van der Waals surface area contributed by atoms with Gasteiger partial charge in [0.25, 0.3) is 0 Å². The van der Waals surface area contributed by atoms with E-state index < -0.39 is 11.5 Å². The van der Waals surface area contributed by atoms with Gasteiger partial charge in [-0.2, -0.15) is 0 Å². The maximum Gasteiger partial charge on any atom is 0.241 e. The molecule has 156 valence electrons. The van der Waals surface area contributed by atoms with Crippen LogP contribution < -0.4 is 4.90 Å². The summed E-state index contributed by atoms with van der Waals surface area (Å²) >= 11 is 0. The number of likely N-dealkylation sites (tertiary alicyclic amines) is 2. The third-order valence-corrected chi connectivity index (χ3v) is 7.33. The number of anilines is 1. The quantitative estimate of drug-likeness (QED) is 0.839. The van der Waals surface area contributed by atoms with E-state index in [1.165, 1.54) is 18.4 Å². The maximum absolute atomic E-state index is 13.2. The Morgan fingerprint density at radius 1 is 1.14 bits per heavy atom. The molecule has 0 radical (unpaired) electrons. The number of aliphatic hydroxyl groups is 1. The van der Waals surface area contributed by atoms with Crippen LogP contribution in [0.25, 0.3) is 0 Å². The van der Waals surface area contributed by atoms with Gasteiger partial charge in [0.15, 0.2) is 0 Å². The monoisotopic (exact) mass is 397 g/mol. The van der Waals surface area contributed by atoms with Gasteiger partial charge >= 0.3 is 0 Å². The molecule has 1 aliphatic carbocycles. The van der Waals surface area contributed by atoms with Crippen molar-refractivity contribution in [3.63, 3.8) is 0 Å². The fourth-order valence-electron chi connectivity index (χ4n) is 5.48. The minimum absolute atomic E-state index is 0.149. The first-order valence-corrected chi connectivity index (χ1v) is 11.1. The van der Waals surface area contributed by atoms with Crippen molar-refractivity contribution < 1.29 is 14.7 Å². The van der Waals surface area contributed by atoms with Crippen LogP contribution in [0.3, 0.4) is 0 Å². The third-order valence-electron chi connectivity index (χ3n) is 7.33. The molecule has 1 unspecified atom stereocenters. The topological polar surface area (TPSA) is 64.1 Å². The van der Waals surface area contributed by atoms with Crippen LogP contribution in [0, 0.1) is 11.3 Å². The number of carbonyl (C=O) groups is 2.